The Kier molecular flexibility index (Phi) is 8.94. The zero-order valence-electron chi connectivity index (χ0n) is 25.7. The fraction of sp³-hybridized carbons (Fsp3) is 0.559. The SMILES string of the molecule is C.COc1ccc(CCn2c(=O)[nH]c3cc(NC(=N[C@H]4C[C@H]5C[C@@H]([C@@H]4C)C5(C)C)N4CCN[C@@H](C)C4)ccc3c2=O)c(F)c1. The number of anilines is 1. The molecule has 2 bridgehead atoms. The molecule has 3 aromatic rings. The summed E-state index contributed by atoms with van der Waals surface area (Å²) in [6, 6.07) is 10.6. The second-order valence-electron chi connectivity index (χ2n) is 13.3. The topological polar surface area (TPSA) is 104 Å². The molecule has 238 valence electrons. The number of rotatable bonds is 6. The molecule has 3 aliphatic carbocycles. The fourth-order valence-electron chi connectivity index (χ4n) is 7.52. The third-order valence-electron chi connectivity index (χ3n) is 10.4. The molecule has 2 heterocycles. The molecular weight excluding hydrogens is 559 g/mol. The summed E-state index contributed by atoms with van der Waals surface area (Å²) in [5.41, 5.74) is 1.10. The maximum atomic E-state index is 14.4. The molecule has 5 atom stereocenters. The van der Waals surface area contributed by atoms with Gasteiger partial charge < -0.3 is 25.3 Å². The lowest BCUT2D eigenvalue weighted by atomic mass is 9.45. The van der Waals surface area contributed by atoms with Crippen LogP contribution in [0.3, 0.4) is 0 Å². The molecule has 44 heavy (non-hydrogen) atoms. The molecule has 3 N–H and O–H groups in total. The summed E-state index contributed by atoms with van der Waals surface area (Å²) in [6.07, 6.45) is 2.60. The zero-order chi connectivity index (χ0) is 30.5. The lowest BCUT2D eigenvalue weighted by Gasteiger charge is -2.61. The molecule has 7 rings (SSSR count). The normalized spacial score (nSPS) is 26.1. The number of piperazine rings is 1. The molecule has 1 aromatic heterocycles. The van der Waals surface area contributed by atoms with Crippen LogP contribution in [0.2, 0.25) is 0 Å². The van der Waals surface area contributed by atoms with E-state index in [-0.39, 0.29) is 26.4 Å². The van der Waals surface area contributed by atoms with Gasteiger partial charge in [-0.05, 0) is 79.2 Å². The highest BCUT2D eigenvalue weighted by Gasteiger charge is 2.56. The van der Waals surface area contributed by atoms with Crippen LogP contribution < -0.4 is 26.6 Å². The van der Waals surface area contributed by atoms with Crippen LogP contribution in [0.1, 0.15) is 53.5 Å². The fourth-order valence-corrected chi connectivity index (χ4v) is 7.52. The number of nitrogens with zero attached hydrogens (tertiary/aromatic N) is 3. The van der Waals surface area contributed by atoms with Crippen molar-refractivity contribution in [1.29, 1.82) is 0 Å². The maximum Gasteiger partial charge on any atom is 0.328 e. The Morgan fingerprint density at radius 3 is 2.64 bits per heavy atom. The van der Waals surface area contributed by atoms with E-state index in [1.54, 1.807) is 24.3 Å². The number of aliphatic imine (C=N–C) groups is 1. The van der Waals surface area contributed by atoms with Crippen LogP contribution in [-0.2, 0) is 13.0 Å². The summed E-state index contributed by atoms with van der Waals surface area (Å²) in [6.45, 7) is 12.0. The van der Waals surface area contributed by atoms with Crippen molar-refractivity contribution in [2.75, 3.05) is 32.1 Å². The first-order valence-electron chi connectivity index (χ1n) is 15.5. The van der Waals surface area contributed by atoms with Gasteiger partial charge in [-0.15, -0.1) is 0 Å². The van der Waals surface area contributed by atoms with E-state index in [0.29, 0.717) is 51.4 Å². The molecule has 0 unspecified atom stereocenters. The summed E-state index contributed by atoms with van der Waals surface area (Å²) in [5.74, 6) is 2.74. The minimum Gasteiger partial charge on any atom is -0.497 e. The van der Waals surface area contributed by atoms with E-state index >= 15 is 0 Å². The predicted octanol–water partition coefficient (Wildman–Crippen LogP) is 4.85. The van der Waals surface area contributed by atoms with Crippen LogP contribution in [-0.4, -0.2) is 59.2 Å². The van der Waals surface area contributed by atoms with E-state index in [4.69, 9.17) is 9.73 Å². The van der Waals surface area contributed by atoms with E-state index in [0.717, 1.165) is 42.3 Å². The van der Waals surface area contributed by atoms with Crippen molar-refractivity contribution in [3.8, 4) is 5.75 Å². The highest BCUT2D eigenvalue weighted by atomic mass is 19.1. The van der Waals surface area contributed by atoms with Gasteiger partial charge in [0.1, 0.15) is 11.6 Å². The summed E-state index contributed by atoms with van der Waals surface area (Å²) in [5, 5.41) is 7.47. The standard InChI is InChI=1S/C33H43FN6O3.CH4/c1-19-18-39(13-11-35-19)31(37-28-15-22-14-26(20(28)2)33(22,3)4)36-23-7-9-25-29(16-23)38-32(42)40(30(25)41)12-10-21-6-8-24(43-5)17-27(21)34;/h6-9,16-17,19-20,22,26,28,35H,10-15,18H2,1-5H3,(H,36,37)(H,38,42);1H4/t19-,20-,22+,26-,28-;/m0./s1. The number of methoxy groups -OCH3 is 1. The number of halogens is 1. The minimum absolute atomic E-state index is 0. The molecule has 1 aliphatic heterocycles. The Hall–Kier alpha value is -3.66. The van der Waals surface area contributed by atoms with Crippen molar-refractivity contribution in [1.82, 2.24) is 19.8 Å². The number of aromatic amines is 1. The number of hydrogen-bond acceptors (Lipinski definition) is 5. The van der Waals surface area contributed by atoms with E-state index in [9.17, 15) is 14.0 Å². The predicted molar refractivity (Wildman–Crippen MR) is 175 cm³/mol. The third-order valence-corrected chi connectivity index (χ3v) is 10.4. The summed E-state index contributed by atoms with van der Waals surface area (Å²) < 4.78 is 20.6. The number of hydrogen-bond donors (Lipinski definition) is 3. The number of aryl methyl sites for hydroxylation is 1. The smallest absolute Gasteiger partial charge is 0.328 e. The van der Waals surface area contributed by atoms with Crippen molar-refractivity contribution in [3.63, 3.8) is 0 Å². The van der Waals surface area contributed by atoms with E-state index in [1.807, 2.05) is 6.07 Å². The van der Waals surface area contributed by atoms with Gasteiger partial charge in [0.15, 0.2) is 5.96 Å². The molecule has 0 spiro atoms. The van der Waals surface area contributed by atoms with Gasteiger partial charge in [0, 0.05) is 44.0 Å². The average Bonchev–Trinajstić information content (AvgIpc) is 2.97. The highest BCUT2D eigenvalue weighted by Crippen LogP contribution is 2.61. The molecule has 2 aromatic carbocycles. The summed E-state index contributed by atoms with van der Waals surface area (Å²) in [7, 11) is 1.47. The second-order valence-corrected chi connectivity index (χ2v) is 13.3. The average molecular weight is 607 g/mol. The van der Waals surface area contributed by atoms with Gasteiger partial charge in [-0.3, -0.25) is 9.36 Å². The number of aromatic nitrogens is 2. The van der Waals surface area contributed by atoms with Crippen LogP contribution in [0.5, 0.6) is 5.75 Å². The number of ether oxygens (including phenoxy) is 1. The Morgan fingerprint density at radius 1 is 1.16 bits per heavy atom. The number of fused-ring (bicyclic) bond motifs is 3. The van der Waals surface area contributed by atoms with Crippen LogP contribution in [0.25, 0.3) is 10.9 Å². The Morgan fingerprint density at radius 2 is 1.95 bits per heavy atom. The molecule has 10 heteroatoms. The molecule has 3 saturated carbocycles. The largest absolute Gasteiger partial charge is 0.497 e. The van der Waals surface area contributed by atoms with Crippen molar-refractivity contribution < 1.29 is 9.13 Å². The van der Waals surface area contributed by atoms with Crippen LogP contribution in [0.4, 0.5) is 10.1 Å². The quantitative estimate of drug-likeness (QED) is 0.274. The number of benzene rings is 2. The summed E-state index contributed by atoms with van der Waals surface area (Å²) in [4.78, 5) is 36.8. The summed E-state index contributed by atoms with van der Waals surface area (Å²) >= 11 is 0. The molecule has 4 aliphatic rings. The first-order chi connectivity index (χ1) is 20.5. The van der Waals surface area contributed by atoms with E-state index < -0.39 is 17.1 Å². The highest BCUT2D eigenvalue weighted by molar-refractivity contribution is 5.96. The van der Waals surface area contributed by atoms with E-state index in [2.05, 4.69) is 48.2 Å². The van der Waals surface area contributed by atoms with Crippen molar-refractivity contribution in [2.24, 2.45) is 28.2 Å². The van der Waals surface area contributed by atoms with Crippen molar-refractivity contribution in [3.05, 3.63) is 68.6 Å². The maximum absolute atomic E-state index is 14.4. The van der Waals surface area contributed by atoms with Gasteiger partial charge in [-0.25, -0.2) is 14.2 Å². The lowest BCUT2D eigenvalue weighted by molar-refractivity contribution is -0.108. The van der Waals surface area contributed by atoms with Crippen LogP contribution in [0, 0.1) is 29.0 Å². The van der Waals surface area contributed by atoms with Crippen LogP contribution in [0.15, 0.2) is 51.0 Å². The van der Waals surface area contributed by atoms with Gasteiger partial charge in [0.05, 0.1) is 24.1 Å². The molecule has 4 fully saturated rings. The first-order valence-corrected chi connectivity index (χ1v) is 15.5. The molecule has 0 radical (unpaired) electrons. The van der Waals surface area contributed by atoms with Crippen molar-refractivity contribution in [2.45, 2.75) is 73.0 Å². The Labute approximate surface area is 258 Å². The van der Waals surface area contributed by atoms with Crippen molar-refractivity contribution >= 4 is 22.5 Å². The van der Waals surface area contributed by atoms with Gasteiger partial charge in [-0.2, -0.15) is 0 Å². The third kappa shape index (κ3) is 5.88. The Bertz CT molecular complexity index is 1660. The number of guanidine groups is 1. The first kappa shape index (κ1) is 31.8. The molecule has 0 amide bonds. The molecular formula is C34H47FN6O3. The Balaban J connectivity index is 0.00000384. The minimum atomic E-state index is -0.522. The van der Waals surface area contributed by atoms with Gasteiger partial charge >= 0.3 is 5.69 Å². The van der Waals surface area contributed by atoms with E-state index in [1.165, 1.54) is 19.6 Å². The molecule has 1 saturated heterocycles. The van der Waals surface area contributed by atoms with Crippen LogP contribution >= 0.6 is 0 Å². The monoisotopic (exact) mass is 606 g/mol. The van der Waals surface area contributed by atoms with Gasteiger partial charge in [-0.1, -0.05) is 34.3 Å². The van der Waals surface area contributed by atoms with Gasteiger partial charge in [0.25, 0.3) is 5.56 Å². The second kappa shape index (κ2) is 12.4. The lowest BCUT2D eigenvalue weighted by Crippen LogP contribution is -2.57. The number of H-pyrrole nitrogens is 1. The number of nitrogens with one attached hydrogen (secondary N) is 3. The van der Waals surface area contributed by atoms with Gasteiger partial charge in [0.2, 0.25) is 0 Å². The molecule has 9 nitrogen and oxygen atoms in total. The zero-order valence-corrected chi connectivity index (χ0v) is 25.7.